The van der Waals surface area contributed by atoms with Crippen molar-refractivity contribution in [3.05, 3.63) is 77.6 Å². The number of benzene rings is 2. The fourth-order valence-electron chi connectivity index (χ4n) is 3.09. The highest BCUT2D eigenvalue weighted by Gasteiger charge is 2.21. The van der Waals surface area contributed by atoms with Gasteiger partial charge in [-0.3, -0.25) is 14.5 Å². The lowest BCUT2D eigenvalue weighted by atomic mass is 10.2. The highest BCUT2D eigenvalue weighted by molar-refractivity contribution is 5.96. The van der Waals surface area contributed by atoms with Crippen molar-refractivity contribution in [2.24, 2.45) is 0 Å². The maximum absolute atomic E-state index is 13.6. The molecule has 0 radical (unpaired) electrons. The number of rotatable bonds is 6. The van der Waals surface area contributed by atoms with Gasteiger partial charge in [-0.2, -0.15) is 0 Å². The topological polar surface area (TPSA) is 52.7 Å². The SMILES string of the molecule is O=C(NCC(=O)N1CCN(C/C=C/c2ccccc2)CC1)c1ccccc1F. The number of nitrogens with one attached hydrogen (secondary N) is 1. The Labute approximate surface area is 164 Å². The zero-order valence-corrected chi connectivity index (χ0v) is 15.7. The molecule has 2 amide bonds. The van der Waals surface area contributed by atoms with Gasteiger partial charge in [-0.25, -0.2) is 4.39 Å². The van der Waals surface area contributed by atoms with Gasteiger partial charge in [-0.15, -0.1) is 0 Å². The molecule has 1 aliphatic rings. The molecule has 1 aliphatic heterocycles. The highest BCUT2D eigenvalue weighted by Crippen LogP contribution is 2.07. The zero-order valence-electron chi connectivity index (χ0n) is 15.7. The molecule has 0 spiro atoms. The molecule has 1 saturated heterocycles. The maximum atomic E-state index is 13.6. The van der Waals surface area contributed by atoms with Gasteiger partial charge in [0.25, 0.3) is 5.91 Å². The fraction of sp³-hybridized carbons (Fsp3) is 0.273. The zero-order chi connectivity index (χ0) is 19.8. The largest absolute Gasteiger partial charge is 0.343 e. The molecule has 0 saturated carbocycles. The summed E-state index contributed by atoms with van der Waals surface area (Å²) in [5, 5.41) is 2.51. The van der Waals surface area contributed by atoms with E-state index >= 15 is 0 Å². The summed E-state index contributed by atoms with van der Waals surface area (Å²) >= 11 is 0. The standard InChI is InChI=1S/C22H24FN3O2/c23-20-11-5-4-10-19(20)22(28)24-17-21(27)26-15-13-25(14-16-26)12-6-9-18-7-2-1-3-8-18/h1-11H,12-17H2,(H,24,28)/b9-6+. The lowest BCUT2D eigenvalue weighted by Gasteiger charge is -2.34. The minimum absolute atomic E-state index is 0.0506. The van der Waals surface area contributed by atoms with Crippen molar-refractivity contribution >= 4 is 17.9 Å². The first-order chi connectivity index (χ1) is 13.6. The molecule has 0 aliphatic carbocycles. The molecule has 1 heterocycles. The lowest BCUT2D eigenvalue weighted by molar-refractivity contribution is -0.131. The van der Waals surface area contributed by atoms with Crippen LogP contribution >= 0.6 is 0 Å². The lowest BCUT2D eigenvalue weighted by Crippen LogP contribution is -2.51. The van der Waals surface area contributed by atoms with E-state index in [9.17, 15) is 14.0 Å². The summed E-state index contributed by atoms with van der Waals surface area (Å²) in [6.07, 6.45) is 4.22. The highest BCUT2D eigenvalue weighted by atomic mass is 19.1. The number of hydrogen-bond acceptors (Lipinski definition) is 3. The normalized spacial score (nSPS) is 15.0. The van der Waals surface area contributed by atoms with E-state index in [-0.39, 0.29) is 18.0 Å². The maximum Gasteiger partial charge on any atom is 0.254 e. The monoisotopic (exact) mass is 381 g/mol. The molecular formula is C22H24FN3O2. The second-order valence-corrected chi connectivity index (χ2v) is 6.66. The van der Waals surface area contributed by atoms with Gasteiger partial charge in [0.1, 0.15) is 5.82 Å². The van der Waals surface area contributed by atoms with E-state index < -0.39 is 11.7 Å². The molecule has 2 aromatic rings. The number of piperazine rings is 1. The van der Waals surface area contributed by atoms with Crippen molar-refractivity contribution in [1.29, 1.82) is 0 Å². The Bertz CT molecular complexity index is 831. The second-order valence-electron chi connectivity index (χ2n) is 6.66. The van der Waals surface area contributed by atoms with Crippen LogP contribution in [0, 0.1) is 5.82 Å². The van der Waals surface area contributed by atoms with Gasteiger partial charge in [0.15, 0.2) is 0 Å². The molecule has 146 valence electrons. The number of carbonyl (C=O) groups is 2. The Morgan fingerprint density at radius 2 is 1.64 bits per heavy atom. The van der Waals surface area contributed by atoms with Crippen LogP contribution in [-0.4, -0.2) is 60.9 Å². The summed E-state index contributed by atoms with van der Waals surface area (Å²) in [4.78, 5) is 28.3. The van der Waals surface area contributed by atoms with E-state index in [0.29, 0.717) is 13.1 Å². The van der Waals surface area contributed by atoms with Gasteiger partial charge in [0.2, 0.25) is 5.91 Å². The molecule has 0 aromatic heterocycles. The van der Waals surface area contributed by atoms with Crippen LogP contribution in [0.3, 0.4) is 0 Å². The van der Waals surface area contributed by atoms with Crippen molar-refractivity contribution in [2.75, 3.05) is 39.3 Å². The predicted molar refractivity (Wildman–Crippen MR) is 107 cm³/mol. The number of halogens is 1. The van der Waals surface area contributed by atoms with Crippen LogP contribution in [0.5, 0.6) is 0 Å². The molecule has 5 nitrogen and oxygen atoms in total. The molecule has 1 fully saturated rings. The van der Waals surface area contributed by atoms with Crippen LogP contribution < -0.4 is 5.32 Å². The van der Waals surface area contributed by atoms with E-state index in [1.54, 1.807) is 11.0 Å². The number of nitrogens with zero attached hydrogens (tertiary/aromatic N) is 2. The first kappa shape index (κ1) is 19.8. The van der Waals surface area contributed by atoms with Crippen LogP contribution in [-0.2, 0) is 4.79 Å². The molecule has 2 aromatic carbocycles. The van der Waals surface area contributed by atoms with E-state index in [4.69, 9.17) is 0 Å². The minimum atomic E-state index is -0.593. The van der Waals surface area contributed by atoms with E-state index in [1.165, 1.54) is 23.8 Å². The quantitative estimate of drug-likeness (QED) is 0.836. The summed E-state index contributed by atoms with van der Waals surface area (Å²) in [7, 11) is 0. The molecule has 0 unspecified atom stereocenters. The summed E-state index contributed by atoms with van der Waals surface area (Å²) in [6.45, 7) is 3.52. The van der Waals surface area contributed by atoms with E-state index in [2.05, 4.69) is 34.5 Å². The Balaban J connectivity index is 1.39. The average molecular weight is 381 g/mol. The Morgan fingerprint density at radius 1 is 0.964 bits per heavy atom. The van der Waals surface area contributed by atoms with Crippen LogP contribution in [0.2, 0.25) is 0 Å². The van der Waals surface area contributed by atoms with Crippen LogP contribution in [0.4, 0.5) is 4.39 Å². The molecule has 3 rings (SSSR count). The van der Waals surface area contributed by atoms with E-state index in [0.717, 1.165) is 19.6 Å². The Morgan fingerprint density at radius 3 is 2.36 bits per heavy atom. The van der Waals surface area contributed by atoms with Crippen LogP contribution in [0.1, 0.15) is 15.9 Å². The van der Waals surface area contributed by atoms with Gasteiger partial charge < -0.3 is 10.2 Å². The Hall–Kier alpha value is -2.99. The smallest absolute Gasteiger partial charge is 0.254 e. The molecule has 28 heavy (non-hydrogen) atoms. The van der Waals surface area contributed by atoms with Crippen molar-refractivity contribution in [2.45, 2.75) is 0 Å². The van der Waals surface area contributed by atoms with Crippen molar-refractivity contribution in [1.82, 2.24) is 15.1 Å². The second kappa shape index (κ2) is 9.80. The fourth-order valence-corrected chi connectivity index (χ4v) is 3.09. The number of hydrogen-bond donors (Lipinski definition) is 1. The van der Waals surface area contributed by atoms with Gasteiger partial charge in [-0.1, -0.05) is 54.6 Å². The minimum Gasteiger partial charge on any atom is -0.343 e. The predicted octanol–water partition coefficient (Wildman–Crippen LogP) is 2.41. The third-order valence-corrected chi connectivity index (χ3v) is 4.72. The summed E-state index contributed by atoms with van der Waals surface area (Å²) in [5.74, 6) is -1.31. The van der Waals surface area contributed by atoms with Crippen molar-refractivity contribution in [3.63, 3.8) is 0 Å². The molecular weight excluding hydrogens is 357 g/mol. The summed E-state index contributed by atoms with van der Waals surface area (Å²) in [5.41, 5.74) is 1.12. The van der Waals surface area contributed by atoms with Crippen LogP contribution in [0.25, 0.3) is 6.08 Å². The third-order valence-electron chi connectivity index (χ3n) is 4.72. The molecule has 6 heteroatoms. The van der Waals surface area contributed by atoms with Gasteiger partial charge in [0, 0.05) is 32.7 Å². The van der Waals surface area contributed by atoms with Gasteiger partial charge in [-0.05, 0) is 17.7 Å². The summed E-state index contributed by atoms with van der Waals surface area (Å²) < 4.78 is 13.6. The Kier molecular flexibility index (Phi) is 6.92. The molecule has 1 N–H and O–H groups in total. The number of amides is 2. The molecule has 0 bridgehead atoms. The van der Waals surface area contributed by atoms with Crippen LogP contribution in [0.15, 0.2) is 60.7 Å². The average Bonchev–Trinajstić information content (AvgIpc) is 2.73. The van der Waals surface area contributed by atoms with Crippen molar-refractivity contribution < 1.29 is 14.0 Å². The van der Waals surface area contributed by atoms with E-state index in [1.807, 2.05) is 18.2 Å². The number of carbonyl (C=O) groups excluding carboxylic acids is 2. The first-order valence-electron chi connectivity index (χ1n) is 9.38. The van der Waals surface area contributed by atoms with Crippen molar-refractivity contribution in [3.8, 4) is 0 Å². The van der Waals surface area contributed by atoms with Gasteiger partial charge in [0.05, 0.1) is 12.1 Å². The summed E-state index contributed by atoms with van der Waals surface area (Å²) in [6, 6.07) is 15.9. The van der Waals surface area contributed by atoms with Gasteiger partial charge >= 0.3 is 0 Å². The first-order valence-corrected chi connectivity index (χ1v) is 9.38. The molecule has 0 atom stereocenters. The third kappa shape index (κ3) is 5.50.